The van der Waals surface area contributed by atoms with E-state index in [1.54, 1.807) is 56.7 Å². The highest BCUT2D eigenvalue weighted by molar-refractivity contribution is 7.15. The van der Waals surface area contributed by atoms with Gasteiger partial charge in [0.15, 0.2) is 10.6 Å². The molecular weight excluding hydrogens is 428 g/mol. The van der Waals surface area contributed by atoms with Crippen molar-refractivity contribution in [2.75, 3.05) is 19.1 Å². The van der Waals surface area contributed by atoms with Gasteiger partial charge in [-0.1, -0.05) is 12.1 Å². The minimum Gasteiger partial charge on any atom is -0.497 e. The van der Waals surface area contributed by atoms with E-state index in [1.807, 2.05) is 13.8 Å². The van der Waals surface area contributed by atoms with Gasteiger partial charge in [0.05, 0.1) is 30.9 Å². The molecule has 0 aliphatic carbocycles. The minimum absolute atomic E-state index is 0.0223. The first-order valence-electron chi connectivity index (χ1n) is 9.99. The fourth-order valence-electron chi connectivity index (χ4n) is 4.02. The number of anilines is 1. The van der Waals surface area contributed by atoms with E-state index < -0.39 is 11.9 Å². The van der Waals surface area contributed by atoms with Gasteiger partial charge < -0.3 is 13.9 Å². The van der Waals surface area contributed by atoms with Gasteiger partial charge in [-0.3, -0.25) is 14.5 Å². The number of carbonyl (C=O) groups excluding carboxylic acids is 1. The number of methoxy groups -OCH3 is 2. The van der Waals surface area contributed by atoms with Crippen molar-refractivity contribution in [1.29, 1.82) is 0 Å². The number of nitrogens with zero attached hydrogens (tertiary/aromatic N) is 2. The summed E-state index contributed by atoms with van der Waals surface area (Å²) in [5.74, 6) is 0.720. The minimum atomic E-state index is -0.770. The van der Waals surface area contributed by atoms with Gasteiger partial charge in [0.1, 0.15) is 23.1 Å². The molecule has 0 radical (unpaired) electrons. The number of hydrogen-bond acceptors (Lipinski definition) is 7. The third kappa shape index (κ3) is 2.90. The van der Waals surface area contributed by atoms with Crippen molar-refractivity contribution in [2.24, 2.45) is 0 Å². The zero-order valence-electron chi connectivity index (χ0n) is 18.0. The zero-order valence-corrected chi connectivity index (χ0v) is 18.8. The van der Waals surface area contributed by atoms with Crippen molar-refractivity contribution >= 4 is 33.3 Å². The van der Waals surface area contributed by atoms with E-state index in [1.165, 1.54) is 16.2 Å². The highest BCUT2D eigenvalue weighted by atomic mass is 32.1. The molecule has 0 N–H and O–H groups in total. The molecule has 0 fully saturated rings. The number of para-hydroxylation sites is 1. The summed E-state index contributed by atoms with van der Waals surface area (Å²) < 4.78 is 17.0. The smallest absolute Gasteiger partial charge is 0.297 e. The Morgan fingerprint density at radius 3 is 2.53 bits per heavy atom. The molecule has 7 nitrogen and oxygen atoms in total. The van der Waals surface area contributed by atoms with Crippen molar-refractivity contribution in [3.8, 4) is 11.5 Å². The third-order valence-electron chi connectivity index (χ3n) is 5.73. The molecule has 32 heavy (non-hydrogen) atoms. The second-order valence-electron chi connectivity index (χ2n) is 7.49. The van der Waals surface area contributed by atoms with Crippen LogP contribution in [-0.4, -0.2) is 25.1 Å². The summed E-state index contributed by atoms with van der Waals surface area (Å²) in [6, 6.07) is 11.5. The predicted octanol–water partition coefficient (Wildman–Crippen LogP) is 4.63. The lowest BCUT2D eigenvalue weighted by atomic mass is 9.97. The number of fused-ring (bicyclic) bond motifs is 2. The molecule has 5 rings (SSSR count). The summed E-state index contributed by atoms with van der Waals surface area (Å²) in [5, 5.41) is 0.911. The van der Waals surface area contributed by atoms with E-state index in [4.69, 9.17) is 13.9 Å². The molecule has 162 valence electrons. The van der Waals surface area contributed by atoms with E-state index in [2.05, 4.69) is 4.98 Å². The fourth-order valence-corrected chi connectivity index (χ4v) is 4.96. The van der Waals surface area contributed by atoms with Gasteiger partial charge in [0.2, 0.25) is 5.76 Å². The summed E-state index contributed by atoms with van der Waals surface area (Å²) in [6.45, 7) is 3.84. The number of ether oxygens (including phenoxy) is 2. The maximum Gasteiger partial charge on any atom is 0.297 e. The Morgan fingerprint density at radius 1 is 1.06 bits per heavy atom. The standard InChI is InChI=1S/C24H20N2O5S/c1-12-13(2)32-24(25-12)26-20(16-11-14(29-3)9-10-17(16)30-4)19-21(27)15-7-5-6-8-18(15)31-22(19)23(26)28/h5-11,20H,1-4H3/t20-/m0/s1. The molecule has 0 saturated heterocycles. The second-order valence-corrected chi connectivity index (χ2v) is 8.68. The molecule has 1 amide bonds. The van der Waals surface area contributed by atoms with Gasteiger partial charge >= 0.3 is 0 Å². The molecule has 4 aromatic rings. The van der Waals surface area contributed by atoms with Gasteiger partial charge in [-0.2, -0.15) is 0 Å². The van der Waals surface area contributed by atoms with Crippen LogP contribution >= 0.6 is 11.3 Å². The Bertz CT molecular complexity index is 1420. The Balaban J connectivity index is 1.86. The number of aryl methyl sites for hydroxylation is 2. The van der Waals surface area contributed by atoms with Gasteiger partial charge in [-0.15, -0.1) is 11.3 Å². The third-order valence-corrected chi connectivity index (χ3v) is 6.80. The summed E-state index contributed by atoms with van der Waals surface area (Å²) in [7, 11) is 3.11. The summed E-state index contributed by atoms with van der Waals surface area (Å²) in [5.41, 5.74) is 1.83. The predicted molar refractivity (Wildman–Crippen MR) is 122 cm³/mol. The Kier molecular flexibility index (Phi) is 4.74. The first kappa shape index (κ1) is 20.3. The van der Waals surface area contributed by atoms with Crippen molar-refractivity contribution in [2.45, 2.75) is 19.9 Å². The lowest BCUT2D eigenvalue weighted by Crippen LogP contribution is -2.29. The monoisotopic (exact) mass is 448 g/mol. The number of aromatic nitrogens is 1. The normalized spacial score (nSPS) is 15.3. The lowest BCUT2D eigenvalue weighted by molar-refractivity contribution is 0.0970. The zero-order chi connectivity index (χ0) is 22.6. The summed E-state index contributed by atoms with van der Waals surface area (Å²) in [6.07, 6.45) is 0. The van der Waals surface area contributed by atoms with Crippen LogP contribution in [0.3, 0.4) is 0 Å². The molecule has 0 unspecified atom stereocenters. The Labute approximate surface area is 187 Å². The molecule has 1 atom stereocenters. The Hall–Kier alpha value is -3.65. The van der Waals surface area contributed by atoms with Crippen LogP contribution in [0.25, 0.3) is 11.0 Å². The SMILES string of the molecule is COc1ccc(OC)c([C@H]2c3c(oc4ccccc4c3=O)C(=O)N2c2nc(C)c(C)s2)c1. The molecular formula is C24H20N2O5S. The van der Waals surface area contributed by atoms with E-state index in [0.29, 0.717) is 33.2 Å². The highest BCUT2D eigenvalue weighted by Crippen LogP contribution is 2.46. The Morgan fingerprint density at radius 2 is 1.84 bits per heavy atom. The largest absolute Gasteiger partial charge is 0.497 e. The number of thiazole rings is 1. The van der Waals surface area contributed by atoms with E-state index in [9.17, 15) is 9.59 Å². The van der Waals surface area contributed by atoms with Crippen molar-refractivity contribution in [3.05, 3.63) is 80.1 Å². The highest BCUT2D eigenvalue weighted by Gasteiger charge is 2.46. The number of amides is 1. The topological polar surface area (TPSA) is 81.9 Å². The van der Waals surface area contributed by atoms with Crippen LogP contribution in [0.2, 0.25) is 0 Å². The molecule has 1 aliphatic rings. The molecule has 0 saturated carbocycles. The average Bonchev–Trinajstić information content (AvgIpc) is 3.29. The molecule has 2 aromatic carbocycles. The number of hydrogen-bond donors (Lipinski definition) is 0. The lowest BCUT2D eigenvalue weighted by Gasteiger charge is -2.24. The van der Waals surface area contributed by atoms with Crippen molar-refractivity contribution < 1.29 is 18.7 Å². The van der Waals surface area contributed by atoms with Gasteiger partial charge in [0, 0.05) is 10.4 Å². The van der Waals surface area contributed by atoms with Crippen molar-refractivity contribution in [1.82, 2.24) is 4.98 Å². The molecule has 0 bridgehead atoms. The maximum atomic E-state index is 13.6. The molecule has 8 heteroatoms. The number of rotatable bonds is 4. The van der Waals surface area contributed by atoms with Crippen LogP contribution in [0.15, 0.2) is 51.7 Å². The maximum absolute atomic E-state index is 13.6. The quantitative estimate of drug-likeness (QED) is 0.453. The first-order valence-corrected chi connectivity index (χ1v) is 10.8. The average molecular weight is 449 g/mol. The molecule has 3 heterocycles. The summed E-state index contributed by atoms with van der Waals surface area (Å²) >= 11 is 1.40. The van der Waals surface area contributed by atoms with Crippen LogP contribution in [0.1, 0.15) is 38.3 Å². The molecule has 2 aromatic heterocycles. The van der Waals surface area contributed by atoms with E-state index in [-0.39, 0.29) is 16.8 Å². The van der Waals surface area contributed by atoms with Crippen LogP contribution in [0.4, 0.5) is 5.13 Å². The molecule has 0 spiro atoms. The van der Waals surface area contributed by atoms with Crippen LogP contribution < -0.4 is 19.8 Å². The van der Waals surface area contributed by atoms with Gasteiger partial charge in [-0.05, 0) is 44.2 Å². The van der Waals surface area contributed by atoms with Crippen molar-refractivity contribution in [3.63, 3.8) is 0 Å². The number of benzene rings is 2. The van der Waals surface area contributed by atoms with Crippen LogP contribution in [-0.2, 0) is 0 Å². The van der Waals surface area contributed by atoms with Crippen LogP contribution in [0.5, 0.6) is 11.5 Å². The van der Waals surface area contributed by atoms with E-state index in [0.717, 1.165) is 10.6 Å². The molecule has 1 aliphatic heterocycles. The van der Waals surface area contributed by atoms with E-state index >= 15 is 0 Å². The summed E-state index contributed by atoms with van der Waals surface area (Å²) in [4.78, 5) is 34.4. The first-order chi connectivity index (χ1) is 15.4. The van der Waals surface area contributed by atoms with Crippen LogP contribution in [0, 0.1) is 13.8 Å². The number of carbonyl (C=O) groups is 1. The second kappa shape index (κ2) is 7.49. The van der Waals surface area contributed by atoms with Gasteiger partial charge in [-0.25, -0.2) is 4.98 Å². The van der Waals surface area contributed by atoms with Gasteiger partial charge in [0.25, 0.3) is 5.91 Å². The fraction of sp³-hybridized carbons (Fsp3) is 0.208.